The van der Waals surface area contributed by atoms with Crippen molar-refractivity contribution >= 4 is 11.6 Å². The van der Waals surface area contributed by atoms with Crippen LogP contribution >= 0.6 is 11.6 Å². The van der Waals surface area contributed by atoms with E-state index in [0.717, 1.165) is 23.4 Å². The summed E-state index contributed by atoms with van der Waals surface area (Å²) in [6.45, 7) is 5.60. The fourth-order valence-corrected chi connectivity index (χ4v) is 3.44. The summed E-state index contributed by atoms with van der Waals surface area (Å²) in [4.78, 5) is 0. The highest BCUT2D eigenvalue weighted by molar-refractivity contribution is 6.30. The molecule has 0 bridgehead atoms. The van der Waals surface area contributed by atoms with E-state index in [4.69, 9.17) is 11.6 Å². The van der Waals surface area contributed by atoms with Crippen molar-refractivity contribution in [1.29, 1.82) is 0 Å². The van der Waals surface area contributed by atoms with Crippen molar-refractivity contribution < 1.29 is 0 Å². The Kier molecular flexibility index (Phi) is 6.38. The zero-order valence-corrected chi connectivity index (χ0v) is 13.6. The molecule has 2 rings (SSSR count). The Balaban J connectivity index is 1.91. The van der Waals surface area contributed by atoms with Crippen molar-refractivity contribution in [2.24, 2.45) is 11.8 Å². The minimum atomic E-state index is 0.575. The predicted molar refractivity (Wildman–Crippen MR) is 88.4 cm³/mol. The fourth-order valence-electron chi connectivity index (χ4n) is 3.31. The van der Waals surface area contributed by atoms with Gasteiger partial charge in [0, 0.05) is 11.1 Å². The third-order valence-electron chi connectivity index (χ3n) is 4.39. The van der Waals surface area contributed by atoms with Crippen LogP contribution in [0.1, 0.15) is 51.5 Å². The van der Waals surface area contributed by atoms with Crippen LogP contribution in [0.25, 0.3) is 0 Å². The largest absolute Gasteiger partial charge is 0.314 e. The standard InChI is InChI=1S/C18H28ClN/c1-14(2)20-13-17(11-15-5-3-4-6-15)12-16-7-9-18(19)10-8-16/h7-10,14-15,17,20H,3-6,11-13H2,1-2H3. The molecule has 1 saturated carbocycles. The van der Waals surface area contributed by atoms with Gasteiger partial charge >= 0.3 is 0 Å². The van der Waals surface area contributed by atoms with Crippen LogP contribution in [0.5, 0.6) is 0 Å². The number of halogens is 1. The molecule has 0 radical (unpaired) electrons. The van der Waals surface area contributed by atoms with Gasteiger partial charge in [0.15, 0.2) is 0 Å². The van der Waals surface area contributed by atoms with Crippen LogP contribution in [0, 0.1) is 11.8 Å². The zero-order chi connectivity index (χ0) is 14.4. The molecule has 0 aliphatic heterocycles. The molecule has 0 heterocycles. The van der Waals surface area contributed by atoms with E-state index >= 15 is 0 Å². The smallest absolute Gasteiger partial charge is 0.0406 e. The van der Waals surface area contributed by atoms with Gasteiger partial charge in [-0.3, -0.25) is 0 Å². The van der Waals surface area contributed by atoms with Gasteiger partial charge in [-0.15, -0.1) is 0 Å². The van der Waals surface area contributed by atoms with Gasteiger partial charge in [0.2, 0.25) is 0 Å². The van der Waals surface area contributed by atoms with Crippen LogP contribution < -0.4 is 5.32 Å². The Morgan fingerprint density at radius 2 is 1.80 bits per heavy atom. The third kappa shape index (κ3) is 5.46. The van der Waals surface area contributed by atoms with Gasteiger partial charge < -0.3 is 5.32 Å². The predicted octanol–water partition coefficient (Wildman–Crippen LogP) is 5.08. The Bertz CT molecular complexity index is 379. The van der Waals surface area contributed by atoms with Gasteiger partial charge in [-0.25, -0.2) is 0 Å². The van der Waals surface area contributed by atoms with Crippen molar-refractivity contribution in [1.82, 2.24) is 5.32 Å². The molecule has 0 amide bonds. The minimum Gasteiger partial charge on any atom is -0.314 e. The maximum atomic E-state index is 5.98. The maximum absolute atomic E-state index is 5.98. The molecular formula is C18H28ClN. The number of benzene rings is 1. The molecular weight excluding hydrogens is 266 g/mol. The van der Waals surface area contributed by atoms with Gasteiger partial charge in [-0.05, 0) is 48.9 Å². The highest BCUT2D eigenvalue weighted by Crippen LogP contribution is 2.31. The van der Waals surface area contributed by atoms with Crippen LogP contribution in [-0.2, 0) is 6.42 Å². The molecule has 1 atom stereocenters. The Labute approximate surface area is 129 Å². The normalized spacial score (nSPS) is 17.8. The number of hydrogen-bond acceptors (Lipinski definition) is 1. The van der Waals surface area contributed by atoms with Crippen LogP contribution in [0.2, 0.25) is 5.02 Å². The van der Waals surface area contributed by atoms with Crippen LogP contribution in [0.15, 0.2) is 24.3 Å². The van der Waals surface area contributed by atoms with Crippen molar-refractivity contribution in [3.8, 4) is 0 Å². The van der Waals surface area contributed by atoms with Crippen LogP contribution in [0.3, 0.4) is 0 Å². The van der Waals surface area contributed by atoms with Crippen molar-refractivity contribution in [3.05, 3.63) is 34.9 Å². The molecule has 1 unspecified atom stereocenters. The lowest BCUT2D eigenvalue weighted by Crippen LogP contribution is -2.30. The number of hydrogen-bond donors (Lipinski definition) is 1. The first-order valence-electron chi connectivity index (χ1n) is 8.11. The van der Waals surface area contributed by atoms with Gasteiger partial charge in [0.25, 0.3) is 0 Å². The highest BCUT2D eigenvalue weighted by atomic mass is 35.5. The molecule has 20 heavy (non-hydrogen) atoms. The number of nitrogens with one attached hydrogen (secondary N) is 1. The third-order valence-corrected chi connectivity index (χ3v) is 4.65. The van der Waals surface area contributed by atoms with E-state index in [-0.39, 0.29) is 0 Å². The van der Waals surface area contributed by atoms with Crippen molar-refractivity contribution in [2.45, 2.75) is 58.4 Å². The molecule has 0 saturated heterocycles. The molecule has 0 spiro atoms. The Hall–Kier alpha value is -0.530. The van der Waals surface area contributed by atoms with E-state index in [1.54, 1.807) is 0 Å². The monoisotopic (exact) mass is 293 g/mol. The summed E-state index contributed by atoms with van der Waals surface area (Å²) < 4.78 is 0. The second kappa shape index (κ2) is 8.05. The molecule has 1 fully saturated rings. The molecule has 1 aromatic carbocycles. The Morgan fingerprint density at radius 3 is 2.40 bits per heavy atom. The van der Waals surface area contributed by atoms with Gasteiger partial charge in [-0.1, -0.05) is 63.3 Å². The van der Waals surface area contributed by atoms with Crippen LogP contribution in [-0.4, -0.2) is 12.6 Å². The fraction of sp³-hybridized carbons (Fsp3) is 0.667. The summed E-state index contributed by atoms with van der Waals surface area (Å²) in [5.74, 6) is 1.71. The van der Waals surface area contributed by atoms with Crippen molar-refractivity contribution in [3.63, 3.8) is 0 Å². The molecule has 1 aliphatic carbocycles. The highest BCUT2D eigenvalue weighted by Gasteiger charge is 2.20. The van der Waals surface area contributed by atoms with E-state index < -0.39 is 0 Å². The molecule has 1 aliphatic rings. The second-order valence-electron chi connectivity index (χ2n) is 6.65. The number of rotatable bonds is 7. The summed E-state index contributed by atoms with van der Waals surface area (Å²) in [6.07, 6.45) is 8.32. The molecule has 1 N–H and O–H groups in total. The first kappa shape index (κ1) is 15.9. The van der Waals surface area contributed by atoms with E-state index in [1.807, 2.05) is 12.1 Å². The van der Waals surface area contributed by atoms with Crippen molar-refractivity contribution in [2.75, 3.05) is 6.54 Å². The van der Waals surface area contributed by atoms with Gasteiger partial charge in [0.1, 0.15) is 0 Å². The quantitative estimate of drug-likeness (QED) is 0.739. The summed E-state index contributed by atoms with van der Waals surface area (Å²) in [5, 5.41) is 4.46. The van der Waals surface area contributed by atoms with Gasteiger partial charge in [0.05, 0.1) is 0 Å². The van der Waals surface area contributed by atoms with Crippen LogP contribution in [0.4, 0.5) is 0 Å². The zero-order valence-electron chi connectivity index (χ0n) is 12.9. The average molecular weight is 294 g/mol. The summed E-state index contributed by atoms with van der Waals surface area (Å²) >= 11 is 5.98. The van der Waals surface area contributed by atoms with E-state index in [1.165, 1.54) is 44.1 Å². The Morgan fingerprint density at radius 1 is 1.15 bits per heavy atom. The first-order valence-corrected chi connectivity index (χ1v) is 8.49. The summed E-state index contributed by atoms with van der Waals surface area (Å²) in [6, 6.07) is 8.96. The molecule has 2 heteroatoms. The second-order valence-corrected chi connectivity index (χ2v) is 7.08. The summed E-state index contributed by atoms with van der Waals surface area (Å²) in [5.41, 5.74) is 1.42. The maximum Gasteiger partial charge on any atom is 0.0406 e. The SMILES string of the molecule is CC(C)NCC(Cc1ccc(Cl)cc1)CC1CCCC1. The minimum absolute atomic E-state index is 0.575. The first-order chi connectivity index (χ1) is 9.63. The molecule has 1 aromatic rings. The molecule has 0 aromatic heterocycles. The molecule has 112 valence electrons. The molecule has 1 nitrogen and oxygen atoms in total. The lowest BCUT2D eigenvalue weighted by molar-refractivity contribution is 0.348. The van der Waals surface area contributed by atoms with E-state index in [2.05, 4.69) is 31.3 Å². The van der Waals surface area contributed by atoms with E-state index in [0.29, 0.717) is 6.04 Å². The lowest BCUT2D eigenvalue weighted by Gasteiger charge is -2.22. The topological polar surface area (TPSA) is 12.0 Å². The lowest BCUT2D eigenvalue weighted by atomic mass is 9.88. The average Bonchev–Trinajstić information content (AvgIpc) is 2.91. The van der Waals surface area contributed by atoms with Gasteiger partial charge in [-0.2, -0.15) is 0 Å². The summed E-state index contributed by atoms with van der Waals surface area (Å²) in [7, 11) is 0. The van der Waals surface area contributed by atoms with E-state index in [9.17, 15) is 0 Å².